The van der Waals surface area contributed by atoms with E-state index >= 15 is 0 Å². The lowest BCUT2D eigenvalue weighted by Gasteiger charge is -2.40. The van der Waals surface area contributed by atoms with Crippen molar-refractivity contribution < 1.29 is 19.4 Å². The van der Waals surface area contributed by atoms with Crippen LogP contribution in [-0.4, -0.2) is 39.7 Å². The van der Waals surface area contributed by atoms with Gasteiger partial charge in [0.25, 0.3) is 0 Å². The number of ether oxygens (including phenoxy) is 2. The lowest BCUT2D eigenvalue weighted by molar-refractivity contribution is -0.160. The fourth-order valence-corrected chi connectivity index (χ4v) is 5.33. The summed E-state index contributed by atoms with van der Waals surface area (Å²) in [6.45, 7) is 13.7. The van der Waals surface area contributed by atoms with Crippen LogP contribution in [0.2, 0.25) is 10.0 Å². The number of hydrogen-bond donors (Lipinski definition) is 1. The Kier molecular flexibility index (Phi) is 8.98. The van der Waals surface area contributed by atoms with Crippen LogP contribution < -0.4 is 9.64 Å². The first kappa shape index (κ1) is 30.1. The quantitative estimate of drug-likeness (QED) is 0.287. The number of halogens is 2. The van der Waals surface area contributed by atoms with E-state index in [4.69, 9.17) is 37.7 Å². The monoisotopic (exact) mass is 585 g/mol. The standard InChI is InChI=1S/C31H37Cl2N3O4/c1-19-26(28(29(37)38)40-30(2,3)4)27(36-14-12-31(5,6)13-15-36)21(17-34-19)25-11-10-20(16-35-25)39-18-22-23(32)8-7-9-24(22)33/h7-11,16-17,28H,12-15,18H2,1-6H3,(H,37,38). The Labute approximate surface area is 246 Å². The third-order valence-corrected chi connectivity index (χ3v) is 7.84. The minimum Gasteiger partial charge on any atom is -0.487 e. The second-order valence-electron chi connectivity index (χ2n) is 12.0. The van der Waals surface area contributed by atoms with Crippen LogP contribution in [0.15, 0.2) is 42.7 Å². The van der Waals surface area contributed by atoms with Gasteiger partial charge in [-0.1, -0.05) is 43.1 Å². The normalized spacial score (nSPS) is 16.1. The minimum atomic E-state index is -1.18. The number of anilines is 1. The molecule has 1 aliphatic rings. The molecule has 0 radical (unpaired) electrons. The summed E-state index contributed by atoms with van der Waals surface area (Å²) >= 11 is 12.6. The Morgan fingerprint density at radius 3 is 2.27 bits per heavy atom. The summed E-state index contributed by atoms with van der Waals surface area (Å²) in [4.78, 5) is 24.2. The number of aryl methyl sites for hydroxylation is 1. The van der Waals surface area contributed by atoms with Crippen LogP contribution in [0.4, 0.5) is 5.69 Å². The molecule has 0 aliphatic carbocycles. The third kappa shape index (κ3) is 7.06. The van der Waals surface area contributed by atoms with E-state index in [0.717, 1.165) is 37.2 Å². The predicted molar refractivity (Wildman–Crippen MR) is 159 cm³/mol. The smallest absolute Gasteiger partial charge is 0.337 e. The first-order valence-corrected chi connectivity index (χ1v) is 14.2. The fourth-order valence-electron chi connectivity index (χ4n) is 4.82. The third-order valence-electron chi connectivity index (χ3n) is 7.14. The number of pyridine rings is 2. The number of benzene rings is 1. The van der Waals surface area contributed by atoms with Crippen molar-refractivity contribution in [1.29, 1.82) is 0 Å². The molecule has 1 fully saturated rings. The Morgan fingerprint density at radius 2 is 1.73 bits per heavy atom. The molecule has 7 nitrogen and oxygen atoms in total. The van der Waals surface area contributed by atoms with Crippen molar-refractivity contribution >= 4 is 34.9 Å². The summed E-state index contributed by atoms with van der Waals surface area (Å²) in [5, 5.41) is 11.4. The molecule has 0 spiro atoms. The number of hydrogen-bond acceptors (Lipinski definition) is 6. The van der Waals surface area contributed by atoms with E-state index < -0.39 is 17.7 Å². The number of aromatic nitrogens is 2. The SMILES string of the molecule is Cc1ncc(-c2ccc(OCc3c(Cl)cccc3Cl)cn2)c(N2CCC(C)(C)CC2)c1C(OC(C)(C)C)C(=O)O. The van der Waals surface area contributed by atoms with Gasteiger partial charge in [-0.15, -0.1) is 0 Å². The molecule has 1 unspecified atom stereocenters. The summed E-state index contributed by atoms with van der Waals surface area (Å²) < 4.78 is 12.0. The zero-order valence-corrected chi connectivity index (χ0v) is 25.4. The minimum absolute atomic E-state index is 0.203. The summed E-state index contributed by atoms with van der Waals surface area (Å²) in [5.41, 5.74) is 3.66. The number of carboxylic acids is 1. The van der Waals surface area contributed by atoms with E-state index in [0.29, 0.717) is 38.3 Å². The van der Waals surface area contributed by atoms with Gasteiger partial charge in [-0.3, -0.25) is 9.97 Å². The Hall–Kier alpha value is -2.87. The highest BCUT2D eigenvalue weighted by molar-refractivity contribution is 6.35. The number of piperidine rings is 1. The average Bonchev–Trinajstić information content (AvgIpc) is 2.87. The molecule has 3 aromatic rings. The second kappa shape index (κ2) is 11.9. The van der Waals surface area contributed by atoms with Crippen molar-refractivity contribution in [2.45, 2.75) is 72.7 Å². The fraction of sp³-hybridized carbons (Fsp3) is 0.452. The molecule has 214 valence electrons. The highest BCUT2D eigenvalue weighted by atomic mass is 35.5. The number of aliphatic carboxylic acids is 1. The van der Waals surface area contributed by atoms with E-state index in [9.17, 15) is 9.90 Å². The van der Waals surface area contributed by atoms with Gasteiger partial charge in [-0.25, -0.2) is 4.79 Å². The molecule has 1 aromatic carbocycles. The van der Waals surface area contributed by atoms with Crippen molar-refractivity contribution in [2.24, 2.45) is 5.41 Å². The zero-order valence-electron chi connectivity index (χ0n) is 23.9. The number of nitrogens with zero attached hydrogens (tertiary/aromatic N) is 3. The van der Waals surface area contributed by atoms with Gasteiger partial charge in [0.15, 0.2) is 6.10 Å². The highest BCUT2D eigenvalue weighted by Crippen LogP contribution is 2.43. The van der Waals surface area contributed by atoms with E-state index in [1.165, 1.54) is 0 Å². The first-order chi connectivity index (χ1) is 18.8. The molecule has 1 saturated heterocycles. The maximum Gasteiger partial charge on any atom is 0.337 e. The molecule has 9 heteroatoms. The van der Waals surface area contributed by atoms with Crippen molar-refractivity contribution in [3.8, 4) is 17.0 Å². The van der Waals surface area contributed by atoms with Crippen molar-refractivity contribution in [2.75, 3.05) is 18.0 Å². The average molecular weight is 587 g/mol. The Morgan fingerprint density at radius 1 is 1.07 bits per heavy atom. The van der Waals surface area contributed by atoms with Gasteiger partial charge in [0.1, 0.15) is 12.4 Å². The molecule has 4 rings (SSSR count). The molecule has 40 heavy (non-hydrogen) atoms. The van der Waals surface area contributed by atoms with Crippen molar-refractivity contribution in [3.63, 3.8) is 0 Å². The summed E-state index contributed by atoms with van der Waals surface area (Å²) in [7, 11) is 0. The van der Waals surface area contributed by atoms with Gasteiger partial charge in [0.2, 0.25) is 0 Å². The summed E-state index contributed by atoms with van der Waals surface area (Å²) in [6, 6.07) is 9.02. The number of carbonyl (C=O) groups is 1. The summed E-state index contributed by atoms with van der Waals surface area (Å²) in [6.07, 6.45) is 4.20. The van der Waals surface area contributed by atoms with E-state index in [2.05, 4.69) is 23.7 Å². The molecule has 1 aliphatic heterocycles. The highest BCUT2D eigenvalue weighted by Gasteiger charge is 2.36. The molecule has 3 heterocycles. The Bertz CT molecular complexity index is 1340. The largest absolute Gasteiger partial charge is 0.487 e. The van der Waals surface area contributed by atoms with Gasteiger partial charge in [0.05, 0.1) is 23.2 Å². The summed E-state index contributed by atoms with van der Waals surface area (Å²) in [5.74, 6) is -0.494. The van der Waals surface area contributed by atoms with Crippen LogP contribution in [0.1, 0.15) is 70.4 Å². The van der Waals surface area contributed by atoms with Crippen LogP contribution in [0.3, 0.4) is 0 Å². The molecule has 0 bridgehead atoms. The topological polar surface area (TPSA) is 84.8 Å². The predicted octanol–water partition coefficient (Wildman–Crippen LogP) is 7.91. The van der Waals surface area contributed by atoms with E-state index in [1.807, 2.05) is 39.8 Å². The zero-order chi connectivity index (χ0) is 29.2. The number of carboxylic acid groups (broad SMARTS) is 1. The van der Waals surface area contributed by atoms with E-state index in [-0.39, 0.29) is 12.0 Å². The van der Waals surface area contributed by atoms with Crippen LogP contribution in [0.25, 0.3) is 11.3 Å². The van der Waals surface area contributed by atoms with Crippen molar-refractivity contribution in [3.05, 3.63) is 69.6 Å². The van der Waals surface area contributed by atoms with Crippen LogP contribution in [0.5, 0.6) is 5.75 Å². The van der Waals surface area contributed by atoms with Crippen LogP contribution in [0, 0.1) is 12.3 Å². The molecular weight excluding hydrogens is 549 g/mol. The lowest BCUT2D eigenvalue weighted by Crippen LogP contribution is -2.39. The molecule has 1 atom stereocenters. The molecule has 1 N–H and O–H groups in total. The van der Waals surface area contributed by atoms with E-state index in [1.54, 1.807) is 30.6 Å². The molecule has 0 saturated carbocycles. The maximum atomic E-state index is 12.6. The van der Waals surface area contributed by atoms with Gasteiger partial charge in [-0.2, -0.15) is 0 Å². The van der Waals surface area contributed by atoms with Gasteiger partial charge in [0, 0.05) is 51.7 Å². The molecule has 0 amide bonds. The molecular formula is C31H37Cl2N3O4. The molecule has 2 aromatic heterocycles. The van der Waals surface area contributed by atoms with Gasteiger partial charge >= 0.3 is 5.97 Å². The van der Waals surface area contributed by atoms with Crippen LogP contribution in [-0.2, 0) is 16.1 Å². The van der Waals surface area contributed by atoms with Gasteiger partial charge < -0.3 is 19.5 Å². The first-order valence-electron chi connectivity index (χ1n) is 13.4. The number of rotatable bonds is 8. The van der Waals surface area contributed by atoms with Crippen molar-refractivity contribution in [1.82, 2.24) is 9.97 Å². The lowest BCUT2D eigenvalue weighted by atomic mass is 9.82. The Balaban J connectivity index is 1.74. The van der Waals surface area contributed by atoms with Crippen LogP contribution >= 0.6 is 23.2 Å². The second-order valence-corrected chi connectivity index (χ2v) is 12.8. The maximum absolute atomic E-state index is 12.6. The van der Waals surface area contributed by atoms with Gasteiger partial charge in [-0.05, 0) is 70.2 Å².